The SMILES string of the molecule is O=C(NC[C@]1(O)CCc2ccccc21)Nc1ccc2c(c1)OCO2. The van der Waals surface area contributed by atoms with Crippen molar-refractivity contribution in [2.75, 3.05) is 18.7 Å². The number of anilines is 1. The Balaban J connectivity index is 1.39. The van der Waals surface area contributed by atoms with E-state index in [4.69, 9.17) is 9.47 Å². The second kappa shape index (κ2) is 5.72. The molecule has 0 aromatic heterocycles. The van der Waals surface area contributed by atoms with Gasteiger partial charge in [0.15, 0.2) is 11.5 Å². The van der Waals surface area contributed by atoms with Gasteiger partial charge >= 0.3 is 6.03 Å². The quantitative estimate of drug-likeness (QED) is 0.809. The van der Waals surface area contributed by atoms with Crippen molar-refractivity contribution in [3.63, 3.8) is 0 Å². The first-order valence-corrected chi connectivity index (χ1v) is 7.89. The fourth-order valence-electron chi connectivity index (χ4n) is 3.23. The van der Waals surface area contributed by atoms with Crippen molar-refractivity contribution in [2.24, 2.45) is 0 Å². The molecule has 0 unspecified atom stereocenters. The summed E-state index contributed by atoms with van der Waals surface area (Å²) >= 11 is 0. The maximum Gasteiger partial charge on any atom is 0.319 e. The zero-order valence-electron chi connectivity index (χ0n) is 13.0. The Kier molecular flexibility index (Phi) is 3.54. The molecule has 0 bridgehead atoms. The Morgan fingerprint density at radius 1 is 1.17 bits per heavy atom. The fourth-order valence-corrected chi connectivity index (χ4v) is 3.23. The van der Waals surface area contributed by atoms with Crippen LogP contribution in [0.5, 0.6) is 11.5 Å². The molecule has 2 aromatic carbocycles. The number of nitrogens with one attached hydrogen (secondary N) is 2. The molecule has 0 saturated heterocycles. The summed E-state index contributed by atoms with van der Waals surface area (Å²) in [6.07, 6.45) is 1.43. The Hall–Kier alpha value is -2.73. The number of carbonyl (C=O) groups is 1. The predicted octanol–water partition coefficient (Wildman–Crippen LogP) is 2.37. The molecule has 2 amide bonds. The molecule has 1 heterocycles. The molecule has 1 atom stereocenters. The lowest BCUT2D eigenvalue weighted by Gasteiger charge is -2.24. The minimum Gasteiger partial charge on any atom is -0.454 e. The van der Waals surface area contributed by atoms with Gasteiger partial charge in [0.05, 0.1) is 6.54 Å². The van der Waals surface area contributed by atoms with Crippen LogP contribution in [-0.4, -0.2) is 24.5 Å². The third-order valence-corrected chi connectivity index (χ3v) is 4.50. The standard InChI is InChI=1S/C18H18N2O4/c21-17(20-13-5-6-15-16(9-13)24-11-23-15)19-10-18(22)8-7-12-3-1-2-4-14(12)18/h1-6,9,22H,7-8,10-11H2,(H2,19,20,21)/t18-/m1/s1. The summed E-state index contributed by atoms with van der Waals surface area (Å²) in [5.41, 5.74) is 1.63. The van der Waals surface area contributed by atoms with Crippen molar-refractivity contribution in [2.45, 2.75) is 18.4 Å². The number of urea groups is 1. The van der Waals surface area contributed by atoms with Gasteiger partial charge in [-0.25, -0.2) is 4.79 Å². The molecule has 0 radical (unpaired) electrons. The number of carbonyl (C=O) groups excluding carboxylic acids is 1. The summed E-state index contributed by atoms with van der Waals surface area (Å²) in [5.74, 6) is 1.27. The van der Waals surface area contributed by atoms with E-state index in [1.165, 1.54) is 0 Å². The first-order chi connectivity index (χ1) is 11.6. The van der Waals surface area contributed by atoms with Crippen LogP contribution in [0, 0.1) is 0 Å². The number of aliphatic hydroxyl groups is 1. The Morgan fingerprint density at radius 3 is 2.92 bits per heavy atom. The number of rotatable bonds is 3. The van der Waals surface area contributed by atoms with Gasteiger partial charge in [0.1, 0.15) is 5.60 Å². The average Bonchev–Trinajstić information content (AvgIpc) is 3.18. The summed E-state index contributed by atoms with van der Waals surface area (Å²) in [5, 5.41) is 16.3. The highest BCUT2D eigenvalue weighted by atomic mass is 16.7. The third kappa shape index (κ3) is 2.65. The van der Waals surface area contributed by atoms with E-state index in [1.54, 1.807) is 18.2 Å². The average molecular weight is 326 g/mol. The molecular formula is C18H18N2O4. The Labute approximate surface area is 139 Å². The molecule has 124 valence electrons. The predicted molar refractivity (Wildman–Crippen MR) is 88.2 cm³/mol. The number of benzene rings is 2. The van der Waals surface area contributed by atoms with E-state index >= 15 is 0 Å². The van der Waals surface area contributed by atoms with Gasteiger partial charge in [-0.15, -0.1) is 0 Å². The summed E-state index contributed by atoms with van der Waals surface area (Å²) in [4.78, 5) is 12.1. The van der Waals surface area contributed by atoms with Crippen LogP contribution in [0.3, 0.4) is 0 Å². The number of fused-ring (bicyclic) bond motifs is 2. The molecule has 2 aliphatic rings. The second-order valence-corrected chi connectivity index (χ2v) is 6.06. The molecule has 24 heavy (non-hydrogen) atoms. The first kappa shape index (κ1) is 14.8. The minimum atomic E-state index is -1.01. The molecular weight excluding hydrogens is 308 g/mol. The maximum absolute atomic E-state index is 12.1. The highest BCUT2D eigenvalue weighted by Gasteiger charge is 2.36. The normalized spacial score (nSPS) is 20.5. The molecule has 3 N–H and O–H groups in total. The van der Waals surface area contributed by atoms with Gasteiger partial charge in [-0.05, 0) is 36.1 Å². The lowest BCUT2D eigenvalue weighted by Crippen LogP contribution is -2.41. The molecule has 1 aliphatic heterocycles. The van der Waals surface area contributed by atoms with E-state index in [9.17, 15) is 9.90 Å². The van der Waals surface area contributed by atoms with E-state index in [0.717, 1.165) is 17.5 Å². The lowest BCUT2D eigenvalue weighted by atomic mass is 9.96. The Bertz CT molecular complexity index is 792. The monoisotopic (exact) mass is 326 g/mol. The molecule has 1 aliphatic carbocycles. The second-order valence-electron chi connectivity index (χ2n) is 6.06. The van der Waals surface area contributed by atoms with Crippen molar-refractivity contribution in [1.29, 1.82) is 0 Å². The first-order valence-electron chi connectivity index (χ1n) is 7.89. The summed E-state index contributed by atoms with van der Waals surface area (Å²) in [6, 6.07) is 12.6. The van der Waals surface area contributed by atoms with E-state index in [2.05, 4.69) is 10.6 Å². The van der Waals surface area contributed by atoms with Crippen LogP contribution >= 0.6 is 0 Å². The topological polar surface area (TPSA) is 79.8 Å². The number of hydrogen-bond acceptors (Lipinski definition) is 4. The van der Waals surface area contributed by atoms with Gasteiger partial charge in [-0.2, -0.15) is 0 Å². The summed E-state index contributed by atoms with van der Waals surface area (Å²) in [7, 11) is 0. The van der Waals surface area contributed by atoms with Crippen molar-refractivity contribution in [3.8, 4) is 11.5 Å². The van der Waals surface area contributed by atoms with Crippen LogP contribution in [-0.2, 0) is 12.0 Å². The zero-order valence-corrected chi connectivity index (χ0v) is 13.0. The highest BCUT2D eigenvalue weighted by molar-refractivity contribution is 5.89. The van der Waals surface area contributed by atoms with E-state index in [1.807, 2.05) is 24.3 Å². The fraction of sp³-hybridized carbons (Fsp3) is 0.278. The van der Waals surface area contributed by atoms with E-state index in [0.29, 0.717) is 23.6 Å². The number of amides is 2. The van der Waals surface area contributed by atoms with Crippen molar-refractivity contribution in [3.05, 3.63) is 53.6 Å². The summed E-state index contributed by atoms with van der Waals surface area (Å²) < 4.78 is 10.5. The van der Waals surface area contributed by atoms with E-state index in [-0.39, 0.29) is 19.4 Å². The molecule has 4 rings (SSSR count). The number of hydrogen-bond donors (Lipinski definition) is 3. The van der Waals surface area contributed by atoms with Crippen molar-refractivity contribution >= 4 is 11.7 Å². The minimum absolute atomic E-state index is 0.167. The van der Waals surface area contributed by atoms with Gasteiger partial charge < -0.3 is 25.2 Å². The van der Waals surface area contributed by atoms with Crippen LogP contribution in [0.25, 0.3) is 0 Å². The largest absolute Gasteiger partial charge is 0.454 e. The van der Waals surface area contributed by atoms with Gasteiger partial charge in [0, 0.05) is 11.8 Å². The third-order valence-electron chi connectivity index (χ3n) is 4.50. The molecule has 0 spiro atoms. The van der Waals surface area contributed by atoms with E-state index < -0.39 is 5.60 Å². The van der Waals surface area contributed by atoms with Gasteiger partial charge in [-0.1, -0.05) is 24.3 Å². The molecule has 0 fully saturated rings. The molecule has 0 saturated carbocycles. The zero-order chi connectivity index (χ0) is 16.6. The van der Waals surface area contributed by atoms with Crippen LogP contribution < -0.4 is 20.1 Å². The van der Waals surface area contributed by atoms with Gasteiger partial charge in [-0.3, -0.25) is 0 Å². The van der Waals surface area contributed by atoms with Gasteiger partial charge in [0.25, 0.3) is 0 Å². The van der Waals surface area contributed by atoms with Crippen LogP contribution in [0.4, 0.5) is 10.5 Å². The lowest BCUT2D eigenvalue weighted by molar-refractivity contribution is 0.0417. The van der Waals surface area contributed by atoms with Crippen LogP contribution in [0.1, 0.15) is 17.5 Å². The van der Waals surface area contributed by atoms with Crippen molar-refractivity contribution < 1.29 is 19.4 Å². The molecule has 2 aromatic rings. The van der Waals surface area contributed by atoms with Crippen LogP contribution in [0.15, 0.2) is 42.5 Å². The maximum atomic E-state index is 12.1. The highest BCUT2D eigenvalue weighted by Crippen LogP contribution is 2.36. The smallest absolute Gasteiger partial charge is 0.319 e. The van der Waals surface area contributed by atoms with Crippen molar-refractivity contribution in [1.82, 2.24) is 5.32 Å². The molecule has 6 nitrogen and oxygen atoms in total. The van der Waals surface area contributed by atoms with Gasteiger partial charge in [0.2, 0.25) is 6.79 Å². The number of ether oxygens (including phenoxy) is 2. The van der Waals surface area contributed by atoms with Crippen LogP contribution in [0.2, 0.25) is 0 Å². The Morgan fingerprint density at radius 2 is 2.00 bits per heavy atom. The summed E-state index contributed by atoms with van der Waals surface area (Å²) in [6.45, 7) is 0.359. The number of aryl methyl sites for hydroxylation is 1. The molecule has 6 heteroatoms.